The minimum Gasteiger partial charge on any atom is -0.334 e. The smallest absolute Gasteiger partial charge is 0.258 e. The monoisotopic (exact) mass is 245 g/mol. The van der Waals surface area contributed by atoms with Gasteiger partial charge in [0.1, 0.15) is 0 Å². The molecular weight excluding hydrogens is 226 g/mol. The van der Waals surface area contributed by atoms with E-state index in [0.717, 1.165) is 12.0 Å². The summed E-state index contributed by atoms with van der Waals surface area (Å²) in [5, 5.41) is 3.99. The van der Waals surface area contributed by atoms with Gasteiger partial charge in [0.15, 0.2) is 5.82 Å². The van der Waals surface area contributed by atoms with Gasteiger partial charge < -0.3 is 10.3 Å². The molecule has 18 heavy (non-hydrogen) atoms. The van der Waals surface area contributed by atoms with Gasteiger partial charge in [-0.3, -0.25) is 0 Å². The summed E-state index contributed by atoms with van der Waals surface area (Å²) in [6.45, 7) is 6.19. The summed E-state index contributed by atoms with van der Waals surface area (Å²) in [5.41, 5.74) is 9.28. The molecule has 2 N–H and O–H groups in total. The second kappa shape index (κ2) is 5.31. The molecule has 1 aromatic heterocycles. The molecule has 0 saturated carbocycles. The zero-order chi connectivity index (χ0) is 13.1. The van der Waals surface area contributed by atoms with Gasteiger partial charge in [-0.15, -0.1) is 0 Å². The van der Waals surface area contributed by atoms with Crippen LogP contribution in [0, 0.1) is 13.8 Å². The minimum atomic E-state index is 0.0917. The third kappa shape index (κ3) is 2.59. The van der Waals surface area contributed by atoms with Gasteiger partial charge in [-0.2, -0.15) is 4.98 Å². The first-order valence-electron chi connectivity index (χ1n) is 6.26. The van der Waals surface area contributed by atoms with E-state index < -0.39 is 0 Å². The molecule has 0 saturated heterocycles. The second-order valence-electron chi connectivity index (χ2n) is 4.64. The average molecular weight is 245 g/mol. The van der Waals surface area contributed by atoms with Gasteiger partial charge in [-0.05, 0) is 37.5 Å². The number of benzene rings is 1. The summed E-state index contributed by atoms with van der Waals surface area (Å²) >= 11 is 0. The fourth-order valence-electron chi connectivity index (χ4n) is 1.81. The minimum absolute atomic E-state index is 0.0917. The van der Waals surface area contributed by atoms with Crippen LogP contribution in [0.1, 0.15) is 30.3 Å². The zero-order valence-corrected chi connectivity index (χ0v) is 11.1. The third-order valence-electron chi connectivity index (χ3n) is 3.27. The number of aryl methyl sites for hydroxylation is 1. The molecule has 4 nitrogen and oxygen atoms in total. The van der Waals surface area contributed by atoms with Crippen molar-refractivity contribution in [3.05, 3.63) is 35.2 Å². The molecule has 0 amide bonds. The molecule has 96 valence electrons. The fraction of sp³-hybridized carbons (Fsp3) is 0.429. The van der Waals surface area contributed by atoms with Crippen molar-refractivity contribution in [2.24, 2.45) is 5.73 Å². The maximum atomic E-state index is 5.89. The van der Waals surface area contributed by atoms with Crippen LogP contribution >= 0.6 is 0 Å². The van der Waals surface area contributed by atoms with Gasteiger partial charge in [-0.1, -0.05) is 24.2 Å². The lowest BCUT2D eigenvalue weighted by Crippen LogP contribution is -2.21. The lowest BCUT2D eigenvalue weighted by Gasteiger charge is -2.04. The number of nitrogens with zero attached hydrogens (tertiary/aromatic N) is 2. The van der Waals surface area contributed by atoms with Crippen molar-refractivity contribution in [1.29, 1.82) is 0 Å². The Bertz CT molecular complexity index is 534. The van der Waals surface area contributed by atoms with Crippen molar-refractivity contribution in [3.63, 3.8) is 0 Å². The van der Waals surface area contributed by atoms with E-state index in [1.165, 1.54) is 11.1 Å². The van der Waals surface area contributed by atoms with Crippen LogP contribution in [0.15, 0.2) is 22.7 Å². The number of aromatic nitrogens is 2. The van der Waals surface area contributed by atoms with Crippen LogP contribution in [0.25, 0.3) is 11.5 Å². The highest BCUT2D eigenvalue weighted by molar-refractivity contribution is 5.60. The SMILES string of the molecule is CCC(N)Cc1noc(-c2cccc(C)c2C)n1. The summed E-state index contributed by atoms with van der Waals surface area (Å²) in [7, 11) is 0. The van der Waals surface area contributed by atoms with Crippen LogP contribution in [0.5, 0.6) is 0 Å². The van der Waals surface area contributed by atoms with Crippen LogP contribution in [0.3, 0.4) is 0 Å². The predicted octanol–water partition coefficient (Wildman–Crippen LogP) is 2.63. The van der Waals surface area contributed by atoms with Crippen molar-refractivity contribution in [2.75, 3.05) is 0 Å². The Hall–Kier alpha value is -1.68. The molecule has 0 radical (unpaired) electrons. The van der Waals surface area contributed by atoms with Gasteiger partial charge in [0.05, 0.1) is 0 Å². The molecule has 4 heteroatoms. The standard InChI is InChI=1S/C14H19N3O/c1-4-11(15)8-13-16-14(18-17-13)12-7-5-6-9(2)10(12)3/h5-7,11H,4,8,15H2,1-3H3. The molecular formula is C14H19N3O. The Morgan fingerprint density at radius 1 is 1.33 bits per heavy atom. The summed E-state index contributed by atoms with van der Waals surface area (Å²) in [5.74, 6) is 1.26. The van der Waals surface area contributed by atoms with Crippen molar-refractivity contribution in [2.45, 2.75) is 39.7 Å². The zero-order valence-electron chi connectivity index (χ0n) is 11.1. The molecule has 0 spiro atoms. The molecule has 2 rings (SSSR count). The van der Waals surface area contributed by atoms with E-state index in [1.807, 2.05) is 12.1 Å². The van der Waals surface area contributed by atoms with Gasteiger partial charge in [-0.25, -0.2) is 0 Å². The number of nitrogens with two attached hydrogens (primary N) is 1. The Morgan fingerprint density at radius 3 is 2.83 bits per heavy atom. The molecule has 0 aliphatic rings. The van der Waals surface area contributed by atoms with Crippen LogP contribution in [-0.2, 0) is 6.42 Å². The molecule has 1 heterocycles. The van der Waals surface area contributed by atoms with E-state index in [4.69, 9.17) is 10.3 Å². The van der Waals surface area contributed by atoms with Crippen molar-refractivity contribution >= 4 is 0 Å². The Labute approximate surface area is 107 Å². The van der Waals surface area contributed by atoms with E-state index in [-0.39, 0.29) is 6.04 Å². The molecule has 1 unspecified atom stereocenters. The van der Waals surface area contributed by atoms with E-state index in [1.54, 1.807) is 0 Å². The Balaban J connectivity index is 2.27. The fourth-order valence-corrected chi connectivity index (χ4v) is 1.81. The normalized spacial score (nSPS) is 12.7. The van der Waals surface area contributed by atoms with E-state index in [2.05, 4.69) is 37.0 Å². The molecule has 0 fully saturated rings. The predicted molar refractivity (Wildman–Crippen MR) is 71.2 cm³/mol. The van der Waals surface area contributed by atoms with E-state index in [0.29, 0.717) is 18.1 Å². The maximum Gasteiger partial charge on any atom is 0.258 e. The topological polar surface area (TPSA) is 64.9 Å². The van der Waals surface area contributed by atoms with Crippen LogP contribution < -0.4 is 5.73 Å². The first-order chi connectivity index (χ1) is 8.61. The first kappa shape index (κ1) is 12.8. The summed E-state index contributed by atoms with van der Waals surface area (Å²) in [6, 6.07) is 6.16. The van der Waals surface area contributed by atoms with Crippen LogP contribution in [-0.4, -0.2) is 16.2 Å². The van der Waals surface area contributed by atoms with Gasteiger partial charge in [0, 0.05) is 18.0 Å². The summed E-state index contributed by atoms with van der Waals surface area (Å²) < 4.78 is 5.32. The van der Waals surface area contributed by atoms with Crippen molar-refractivity contribution in [3.8, 4) is 11.5 Å². The van der Waals surface area contributed by atoms with Gasteiger partial charge >= 0.3 is 0 Å². The third-order valence-corrected chi connectivity index (χ3v) is 3.27. The van der Waals surface area contributed by atoms with E-state index in [9.17, 15) is 0 Å². The molecule has 0 aliphatic heterocycles. The lowest BCUT2D eigenvalue weighted by molar-refractivity contribution is 0.419. The average Bonchev–Trinajstić information content (AvgIpc) is 2.80. The number of hydrogen-bond donors (Lipinski definition) is 1. The second-order valence-corrected chi connectivity index (χ2v) is 4.64. The molecule has 1 aromatic carbocycles. The van der Waals surface area contributed by atoms with E-state index >= 15 is 0 Å². The summed E-state index contributed by atoms with van der Waals surface area (Å²) in [6.07, 6.45) is 1.57. The maximum absolute atomic E-state index is 5.89. The highest BCUT2D eigenvalue weighted by atomic mass is 16.5. The highest BCUT2D eigenvalue weighted by Crippen LogP contribution is 2.23. The lowest BCUT2D eigenvalue weighted by atomic mass is 10.0. The van der Waals surface area contributed by atoms with Gasteiger partial charge in [0.25, 0.3) is 5.89 Å². The molecule has 2 aromatic rings. The quantitative estimate of drug-likeness (QED) is 0.899. The summed E-state index contributed by atoms with van der Waals surface area (Å²) in [4.78, 5) is 4.41. The Morgan fingerprint density at radius 2 is 2.11 bits per heavy atom. The first-order valence-corrected chi connectivity index (χ1v) is 6.26. The van der Waals surface area contributed by atoms with Crippen LogP contribution in [0.4, 0.5) is 0 Å². The number of hydrogen-bond acceptors (Lipinski definition) is 4. The van der Waals surface area contributed by atoms with Crippen LogP contribution in [0.2, 0.25) is 0 Å². The molecule has 0 bridgehead atoms. The van der Waals surface area contributed by atoms with Crippen molar-refractivity contribution in [1.82, 2.24) is 10.1 Å². The highest BCUT2D eigenvalue weighted by Gasteiger charge is 2.13. The number of rotatable bonds is 4. The van der Waals surface area contributed by atoms with Gasteiger partial charge in [0.2, 0.25) is 0 Å². The molecule has 1 atom stereocenters. The molecule has 0 aliphatic carbocycles. The Kier molecular flexibility index (Phi) is 3.77. The van der Waals surface area contributed by atoms with Crippen molar-refractivity contribution < 1.29 is 4.52 Å². The largest absolute Gasteiger partial charge is 0.334 e.